The topological polar surface area (TPSA) is 72.6 Å². The minimum Gasteiger partial charge on any atom is -0.497 e. The van der Waals surface area contributed by atoms with E-state index in [9.17, 15) is 4.79 Å². The smallest absolute Gasteiger partial charge is 0.228 e. The number of rotatable bonds is 3. The fraction of sp³-hybridized carbons (Fsp3) is 0.200. The molecule has 0 aliphatic rings. The lowest BCUT2D eigenvalue weighted by atomic mass is 10.3. The van der Waals surface area contributed by atoms with Gasteiger partial charge in [-0.25, -0.2) is 5.84 Å². The van der Waals surface area contributed by atoms with Crippen molar-refractivity contribution in [2.75, 3.05) is 12.1 Å². The number of carbonyl (C=O) groups excluding carboxylic acids is 2. The van der Waals surface area contributed by atoms with E-state index in [2.05, 4.69) is 0 Å². The molecule has 0 radical (unpaired) electrons. The van der Waals surface area contributed by atoms with E-state index in [4.69, 9.17) is 15.4 Å². The molecule has 1 aromatic rings. The Bertz CT molecular complexity index is 298. The summed E-state index contributed by atoms with van der Waals surface area (Å²) >= 11 is 0. The third kappa shape index (κ3) is 4.78. The maximum absolute atomic E-state index is 10.2. The fourth-order valence-corrected chi connectivity index (χ4v) is 0.815. The number of aldehydes is 1. The first-order chi connectivity index (χ1) is 7.19. The number of hydrogen-bond acceptors (Lipinski definition) is 4. The lowest BCUT2D eigenvalue weighted by Gasteiger charge is -2.09. The lowest BCUT2D eigenvalue weighted by molar-refractivity contribution is -0.107. The van der Waals surface area contributed by atoms with Crippen LogP contribution in [0.5, 0.6) is 5.75 Å². The molecule has 0 fully saturated rings. The standard InChI is InChI=1S/C8H10N2O2.C2H4O/c1-12-8-4-2-7(3-5-8)10(9)6-11;1-2-3/h2-6H,9H2,1H3;2H,1H3. The second kappa shape index (κ2) is 7.52. The minimum absolute atomic E-state index is 0.543. The van der Waals surface area contributed by atoms with Gasteiger partial charge in [0.1, 0.15) is 12.0 Å². The van der Waals surface area contributed by atoms with Crippen LogP contribution < -0.4 is 15.6 Å². The number of ether oxygens (including phenoxy) is 1. The molecule has 82 valence electrons. The zero-order chi connectivity index (χ0) is 11.7. The van der Waals surface area contributed by atoms with Crippen molar-refractivity contribution in [3.63, 3.8) is 0 Å². The summed E-state index contributed by atoms with van der Waals surface area (Å²) in [5.41, 5.74) is 0.630. The Labute approximate surface area is 88.4 Å². The second-order valence-corrected chi connectivity index (χ2v) is 2.45. The number of nitrogens with two attached hydrogens (primary N) is 1. The summed E-state index contributed by atoms with van der Waals surface area (Å²) in [4.78, 5) is 19.0. The first kappa shape index (κ1) is 13.1. The normalized spacial score (nSPS) is 8.20. The summed E-state index contributed by atoms with van der Waals surface area (Å²) < 4.78 is 4.93. The molecule has 1 aromatic carbocycles. The number of benzene rings is 1. The van der Waals surface area contributed by atoms with Crippen molar-refractivity contribution in [1.29, 1.82) is 0 Å². The first-order valence-electron chi connectivity index (χ1n) is 4.22. The zero-order valence-electron chi connectivity index (χ0n) is 8.71. The molecule has 0 heterocycles. The molecule has 5 heteroatoms. The van der Waals surface area contributed by atoms with Gasteiger partial charge in [-0.05, 0) is 31.2 Å². The second-order valence-electron chi connectivity index (χ2n) is 2.45. The predicted molar refractivity (Wildman–Crippen MR) is 57.5 cm³/mol. The lowest BCUT2D eigenvalue weighted by Crippen LogP contribution is -2.28. The Kier molecular flexibility index (Phi) is 6.57. The zero-order valence-corrected chi connectivity index (χ0v) is 8.71. The Morgan fingerprint density at radius 1 is 1.27 bits per heavy atom. The highest BCUT2D eigenvalue weighted by atomic mass is 16.5. The minimum atomic E-state index is 0.543. The highest BCUT2D eigenvalue weighted by molar-refractivity contribution is 5.73. The van der Waals surface area contributed by atoms with Crippen LogP contribution in [0.3, 0.4) is 0 Å². The highest BCUT2D eigenvalue weighted by Crippen LogP contribution is 2.15. The van der Waals surface area contributed by atoms with Gasteiger partial charge in [0.05, 0.1) is 12.8 Å². The van der Waals surface area contributed by atoms with Crippen LogP contribution in [0, 0.1) is 0 Å². The van der Waals surface area contributed by atoms with Crippen LogP contribution >= 0.6 is 0 Å². The van der Waals surface area contributed by atoms with Gasteiger partial charge >= 0.3 is 0 Å². The molecular weight excluding hydrogens is 196 g/mol. The van der Waals surface area contributed by atoms with Gasteiger partial charge in [0.15, 0.2) is 0 Å². The molecule has 0 spiro atoms. The monoisotopic (exact) mass is 210 g/mol. The van der Waals surface area contributed by atoms with E-state index in [1.54, 1.807) is 31.4 Å². The Hall–Kier alpha value is -1.88. The van der Waals surface area contributed by atoms with Crippen LogP contribution in [0.1, 0.15) is 6.92 Å². The quantitative estimate of drug-likeness (QED) is 0.345. The van der Waals surface area contributed by atoms with Crippen molar-refractivity contribution in [2.24, 2.45) is 5.84 Å². The van der Waals surface area contributed by atoms with Crippen LogP contribution in [0.4, 0.5) is 5.69 Å². The van der Waals surface area contributed by atoms with Gasteiger partial charge in [0.25, 0.3) is 0 Å². The van der Waals surface area contributed by atoms with Crippen LogP contribution in [0.2, 0.25) is 0 Å². The predicted octanol–water partition coefficient (Wildman–Crippen LogP) is 0.737. The maximum atomic E-state index is 10.2. The van der Waals surface area contributed by atoms with E-state index >= 15 is 0 Å². The van der Waals surface area contributed by atoms with Crippen molar-refractivity contribution in [3.05, 3.63) is 24.3 Å². The van der Waals surface area contributed by atoms with Crippen molar-refractivity contribution in [3.8, 4) is 5.75 Å². The molecule has 0 aliphatic carbocycles. The number of hydrazine groups is 1. The summed E-state index contributed by atoms with van der Waals surface area (Å²) in [6.07, 6.45) is 1.29. The molecule has 0 unspecified atom stereocenters. The number of nitrogens with zero attached hydrogens (tertiary/aromatic N) is 1. The molecule has 1 amide bonds. The molecule has 1 rings (SSSR count). The molecule has 2 N–H and O–H groups in total. The van der Waals surface area contributed by atoms with E-state index in [1.165, 1.54) is 6.92 Å². The largest absolute Gasteiger partial charge is 0.497 e. The van der Waals surface area contributed by atoms with E-state index in [0.717, 1.165) is 17.0 Å². The molecule has 0 aliphatic heterocycles. The first-order valence-corrected chi connectivity index (χ1v) is 4.22. The Morgan fingerprint density at radius 2 is 1.73 bits per heavy atom. The molecular formula is C10H14N2O3. The SMILES string of the molecule is CC=O.COc1ccc(N(N)C=O)cc1. The summed E-state index contributed by atoms with van der Waals surface area (Å²) in [6, 6.07) is 6.87. The summed E-state index contributed by atoms with van der Waals surface area (Å²) in [5, 5.41) is 0.999. The molecule has 0 saturated heterocycles. The molecule has 0 aromatic heterocycles. The number of carbonyl (C=O) groups is 2. The molecule has 0 atom stereocenters. The third-order valence-corrected chi connectivity index (χ3v) is 1.48. The van der Waals surface area contributed by atoms with E-state index < -0.39 is 0 Å². The molecule has 15 heavy (non-hydrogen) atoms. The number of hydrogen-bond donors (Lipinski definition) is 1. The third-order valence-electron chi connectivity index (χ3n) is 1.48. The van der Waals surface area contributed by atoms with Crippen LogP contribution in [0.15, 0.2) is 24.3 Å². The van der Waals surface area contributed by atoms with E-state index in [1.807, 2.05) is 0 Å². The average molecular weight is 210 g/mol. The van der Waals surface area contributed by atoms with Gasteiger partial charge in [0, 0.05) is 0 Å². The van der Waals surface area contributed by atoms with Gasteiger partial charge in [-0.2, -0.15) is 0 Å². The van der Waals surface area contributed by atoms with Crippen LogP contribution in [-0.4, -0.2) is 19.8 Å². The van der Waals surface area contributed by atoms with Gasteiger partial charge < -0.3 is 9.53 Å². The number of anilines is 1. The Balaban J connectivity index is 0.000000583. The Morgan fingerprint density at radius 3 is 2.07 bits per heavy atom. The molecule has 0 bridgehead atoms. The molecule has 5 nitrogen and oxygen atoms in total. The number of amides is 1. The summed E-state index contributed by atoms with van der Waals surface area (Å²) in [5.74, 6) is 6.04. The van der Waals surface area contributed by atoms with Gasteiger partial charge in [0.2, 0.25) is 6.41 Å². The fourth-order valence-electron chi connectivity index (χ4n) is 0.815. The highest BCUT2D eigenvalue weighted by Gasteiger charge is 1.98. The van der Waals surface area contributed by atoms with E-state index in [0.29, 0.717) is 12.1 Å². The van der Waals surface area contributed by atoms with Gasteiger partial charge in [-0.1, -0.05) is 0 Å². The van der Waals surface area contributed by atoms with Crippen molar-refractivity contribution in [2.45, 2.75) is 6.92 Å². The molecule has 0 saturated carbocycles. The van der Waals surface area contributed by atoms with Crippen molar-refractivity contribution >= 4 is 18.4 Å². The number of methoxy groups -OCH3 is 1. The van der Waals surface area contributed by atoms with Crippen LogP contribution in [0.25, 0.3) is 0 Å². The van der Waals surface area contributed by atoms with Gasteiger partial charge in [-0.3, -0.25) is 9.80 Å². The van der Waals surface area contributed by atoms with Crippen molar-refractivity contribution < 1.29 is 14.3 Å². The summed E-state index contributed by atoms with van der Waals surface area (Å²) in [7, 11) is 1.58. The van der Waals surface area contributed by atoms with Crippen molar-refractivity contribution in [1.82, 2.24) is 0 Å². The maximum Gasteiger partial charge on any atom is 0.228 e. The average Bonchev–Trinajstić information content (AvgIpc) is 2.29. The van der Waals surface area contributed by atoms with Gasteiger partial charge in [-0.15, -0.1) is 0 Å². The van der Waals surface area contributed by atoms with E-state index in [-0.39, 0.29) is 0 Å². The van der Waals surface area contributed by atoms with Crippen LogP contribution in [-0.2, 0) is 9.59 Å². The summed E-state index contributed by atoms with van der Waals surface area (Å²) in [6.45, 7) is 1.44.